The predicted molar refractivity (Wildman–Crippen MR) is 129 cm³/mol. The van der Waals surface area contributed by atoms with Gasteiger partial charge in [0.15, 0.2) is 0 Å². The summed E-state index contributed by atoms with van der Waals surface area (Å²) in [7, 11) is 1.61. The summed E-state index contributed by atoms with van der Waals surface area (Å²) in [6.07, 6.45) is -3.77. The van der Waals surface area contributed by atoms with Gasteiger partial charge < -0.3 is 15.4 Å². The summed E-state index contributed by atoms with van der Waals surface area (Å²) < 4.78 is 70.2. The number of β-amino-alcohol motifs (C(OH)–C–C–N with tert-alkyl or cyclic N) is 1. The number of fused-ring (bicyclic) bond motifs is 2. The molecular formula is C23H15BClF5N4O3. The highest BCUT2D eigenvalue weighted by Gasteiger charge is 2.61. The fourth-order valence-electron chi connectivity index (χ4n) is 4.43. The average Bonchev–Trinajstić information content (AvgIpc) is 3.30. The van der Waals surface area contributed by atoms with Gasteiger partial charge >= 0.3 is 17.9 Å². The van der Waals surface area contributed by atoms with Crippen LogP contribution in [0, 0.1) is 11.6 Å². The lowest BCUT2D eigenvalue weighted by Crippen LogP contribution is -2.48. The zero-order valence-corrected chi connectivity index (χ0v) is 19.5. The van der Waals surface area contributed by atoms with Crippen molar-refractivity contribution in [1.29, 1.82) is 0 Å². The fraction of sp³-hybridized carbons (Fsp3) is 0.130. The molecule has 14 heteroatoms. The molecule has 4 aromatic rings. The second-order valence-corrected chi connectivity index (χ2v) is 9.02. The smallest absolute Gasteiger partial charge is 0.375 e. The molecule has 0 fully saturated rings. The quantitative estimate of drug-likeness (QED) is 0.271. The first kappa shape index (κ1) is 24.8. The molecule has 2 amide bonds. The lowest BCUT2D eigenvalue weighted by atomic mass is 9.95. The Morgan fingerprint density at radius 3 is 2.51 bits per heavy atom. The number of hydrogen-bond donors (Lipinski definition) is 3. The second-order valence-electron chi connectivity index (χ2n) is 8.61. The van der Waals surface area contributed by atoms with Crippen LogP contribution in [-0.2, 0) is 5.60 Å². The number of urea groups is 1. The summed E-state index contributed by atoms with van der Waals surface area (Å²) in [5.41, 5.74) is -4.58. The van der Waals surface area contributed by atoms with Crippen molar-refractivity contribution >= 4 is 47.8 Å². The van der Waals surface area contributed by atoms with Gasteiger partial charge in [-0.2, -0.15) is 13.2 Å². The molecule has 0 bridgehead atoms. The number of rotatable bonds is 2. The van der Waals surface area contributed by atoms with Crippen LogP contribution in [0.15, 0.2) is 53.5 Å². The van der Waals surface area contributed by atoms with Crippen molar-refractivity contribution < 1.29 is 31.9 Å². The van der Waals surface area contributed by atoms with Crippen molar-refractivity contribution in [1.82, 2.24) is 9.38 Å². The molecule has 2 aromatic carbocycles. The number of nitrogens with one attached hydrogen (secondary N) is 2. The number of alkyl halides is 3. The van der Waals surface area contributed by atoms with E-state index in [1.807, 2.05) is 0 Å². The largest absolute Gasteiger partial charge is 0.423 e. The second kappa shape index (κ2) is 8.35. The molecule has 1 atom stereocenters. The number of carbonyl (C=O) groups is 1. The van der Waals surface area contributed by atoms with E-state index in [0.29, 0.717) is 16.4 Å². The van der Waals surface area contributed by atoms with Crippen LogP contribution in [0.3, 0.4) is 0 Å². The zero-order chi connectivity index (χ0) is 26.9. The minimum atomic E-state index is -5.21. The maximum absolute atomic E-state index is 14.0. The molecule has 0 aliphatic carbocycles. The molecule has 0 spiro atoms. The monoisotopic (exact) mass is 536 g/mol. The van der Waals surface area contributed by atoms with Crippen molar-refractivity contribution in [2.75, 3.05) is 16.8 Å². The van der Waals surface area contributed by atoms with Gasteiger partial charge in [0.05, 0.1) is 34.2 Å². The lowest BCUT2D eigenvalue weighted by Gasteiger charge is -2.27. The van der Waals surface area contributed by atoms with E-state index in [1.165, 1.54) is 18.3 Å². The minimum Gasteiger partial charge on any atom is -0.375 e. The highest BCUT2D eigenvalue weighted by Crippen LogP contribution is 2.49. The van der Waals surface area contributed by atoms with Gasteiger partial charge in [-0.25, -0.2) is 18.4 Å². The number of hydrogen-bond acceptors (Lipinski definition) is 3. The third-order valence-corrected chi connectivity index (χ3v) is 6.45. The van der Waals surface area contributed by atoms with Gasteiger partial charge in [0.25, 0.3) is 0 Å². The summed E-state index contributed by atoms with van der Waals surface area (Å²) in [6, 6.07) is 6.17. The van der Waals surface area contributed by atoms with Gasteiger partial charge in [-0.15, -0.1) is 0 Å². The number of aliphatic hydroxyl groups is 1. The molecule has 1 aliphatic heterocycles. The Morgan fingerprint density at radius 1 is 1.14 bits per heavy atom. The topological polar surface area (TPSA) is 89.8 Å². The summed E-state index contributed by atoms with van der Waals surface area (Å²) in [6.45, 7) is -1.23. The highest BCUT2D eigenvalue weighted by molar-refractivity contribution is 6.34. The van der Waals surface area contributed by atoms with Crippen LogP contribution in [0.25, 0.3) is 16.8 Å². The Labute approximate surface area is 210 Å². The zero-order valence-electron chi connectivity index (χ0n) is 18.8. The van der Waals surface area contributed by atoms with Crippen molar-refractivity contribution in [3.05, 3.63) is 81.4 Å². The van der Waals surface area contributed by atoms with Crippen molar-refractivity contribution in [3.63, 3.8) is 0 Å². The molecular weight excluding hydrogens is 522 g/mol. The fourth-order valence-corrected chi connectivity index (χ4v) is 4.64. The lowest BCUT2D eigenvalue weighted by molar-refractivity contribution is -0.258. The standard InChI is InChI=1S/C23H15BClF5N4O3/c24-10-5-16(19-18(32-21(36)33(19)8-10)13-6-11(26)1-3-15(13)25)31-20(35)34-9-22(37,23(28,29)30)14-7-12(27)2-4-17(14)34/h1-8,37H,9,24H2,(H,31,35)(H,32,36)/t22-/m1/s1. The summed E-state index contributed by atoms with van der Waals surface area (Å²) in [5, 5.41) is 13.0. The van der Waals surface area contributed by atoms with Gasteiger partial charge in [0.1, 0.15) is 19.5 Å². The number of pyridine rings is 1. The summed E-state index contributed by atoms with van der Waals surface area (Å²) in [5.74, 6) is -1.67. The molecule has 7 nitrogen and oxygen atoms in total. The van der Waals surface area contributed by atoms with E-state index in [4.69, 9.17) is 11.6 Å². The Balaban J connectivity index is 1.63. The summed E-state index contributed by atoms with van der Waals surface area (Å²) in [4.78, 5) is 29.1. The van der Waals surface area contributed by atoms with Gasteiger partial charge in [0, 0.05) is 17.3 Å². The van der Waals surface area contributed by atoms with E-state index >= 15 is 0 Å². The molecule has 3 heterocycles. The highest BCUT2D eigenvalue weighted by atomic mass is 35.5. The van der Waals surface area contributed by atoms with E-state index < -0.39 is 47.2 Å². The molecule has 0 saturated carbocycles. The number of carbonyl (C=O) groups excluding carboxylic acids is 1. The SMILES string of the molecule is Bc1cc(NC(=O)N2C[C@](O)(C(F)(F)F)c3cc(F)ccc32)c2c(-c3cc(F)ccc3Cl)[nH]c(=O)n2c1. The van der Waals surface area contributed by atoms with Crippen LogP contribution < -0.4 is 21.4 Å². The maximum atomic E-state index is 14.0. The Hall–Kier alpha value is -3.84. The van der Waals surface area contributed by atoms with Gasteiger partial charge in [0.2, 0.25) is 5.60 Å². The van der Waals surface area contributed by atoms with Crippen LogP contribution in [0.5, 0.6) is 0 Å². The van der Waals surface area contributed by atoms with Gasteiger partial charge in [-0.3, -0.25) is 9.30 Å². The van der Waals surface area contributed by atoms with Gasteiger partial charge in [-0.05, 0) is 42.5 Å². The first-order chi connectivity index (χ1) is 17.3. The van der Waals surface area contributed by atoms with E-state index in [2.05, 4.69) is 10.3 Å². The Bertz CT molecular complexity index is 1650. The third-order valence-electron chi connectivity index (χ3n) is 6.12. The average molecular weight is 537 g/mol. The first-order valence-electron chi connectivity index (χ1n) is 10.7. The van der Waals surface area contributed by atoms with Crippen molar-refractivity contribution in [3.8, 4) is 11.3 Å². The van der Waals surface area contributed by atoms with Crippen molar-refractivity contribution in [2.45, 2.75) is 11.8 Å². The molecule has 5 rings (SSSR count). The molecule has 37 heavy (non-hydrogen) atoms. The molecule has 1 aliphatic rings. The number of benzene rings is 2. The van der Waals surface area contributed by atoms with Crippen LogP contribution in [0.2, 0.25) is 5.02 Å². The third kappa shape index (κ3) is 3.94. The van der Waals surface area contributed by atoms with Gasteiger partial charge in [-0.1, -0.05) is 17.1 Å². The number of anilines is 2. The molecule has 0 saturated heterocycles. The minimum absolute atomic E-state index is 0.00946. The number of aromatic amines is 1. The van der Waals surface area contributed by atoms with Crippen LogP contribution in [0.4, 0.5) is 38.1 Å². The summed E-state index contributed by atoms with van der Waals surface area (Å²) >= 11 is 6.22. The van der Waals surface area contributed by atoms with E-state index in [9.17, 15) is 36.6 Å². The molecule has 3 N–H and O–H groups in total. The molecule has 0 radical (unpaired) electrons. The van der Waals surface area contributed by atoms with Crippen molar-refractivity contribution in [2.24, 2.45) is 0 Å². The van der Waals surface area contributed by atoms with E-state index in [-0.39, 0.29) is 33.2 Å². The maximum Gasteiger partial charge on any atom is 0.423 e. The number of aromatic nitrogens is 2. The normalized spacial score (nSPS) is 17.3. The molecule has 0 unspecified atom stereocenters. The Morgan fingerprint density at radius 2 is 1.81 bits per heavy atom. The number of imidazole rings is 1. The van der Waals surface area contributed by atoms with Crippen LogP contribution in [0.1, 0.15) is 5.56 Å². The Kier molecular flexibility index (Phi) is 5.61. The molecule has 2 aromatic heterocycles. The predicted octanol–water partition coefficient (Wildman–Crippen LogP) is 3.29. The molecule has 190 valence electrons. The number of H-pyrrole nitrogens is 1. The van der Waals surface area contributed by atoms with E-state index in [1.54, 1.807) is 7.85 Å². The number of halogens is 6. The van der Waals surface area contributed by atoms with Crippen LogP contribution >= 0.6 is 11.6 Å². The number of nitrogens with zero attached hydrogens (tertiary/aromatic N) is 2. The first-order valence-corrected chi connectivity index (χ1v) is 11.1. The van der Waals surface area contributed by atoms with E-state index in [0.717, 1.165) is 28.7 Å². The van der Waals surface area contributed by atoms with Crippen LogP contribution in [-0.4, -0.2) is 41.1 Å². The number of amides is 2.